The Hall–Kier alpha value is -4.17. The number of hydrogen-bond donors (Lipinski definition) is 1. The summed E-state index contributed by atoms with van der Waals surface area (Å²) in [6.45, 7) is 6.74. The standard InChI is InChI=1S/C30H32N4O4/c1-18(2)21-14-22(26(37-4)15-25(21)36-3)29-27(28(30(31)35)33-38-29)24-11-10-20-17-34(13-12-23(20)32-24)16-19-8-6-5-7-9-19/h5-11,14-15,18H,12-13,16-17H2,1-4H3,(H2,31,35). The first kappa shape index (κ1) is 25.5. The lowest BCUT2D eigenvalue weighted by molar-refractivity contribution is 0.0992. The molecule has 1 aliphatic heterocycles. The number of amides is 1. The normalized spacial score (nSPS) is 13.4. The zero-order valence-corrected chi connectivity index (χ0v) is 22.2. The molecule has 196 valence electrons. The summed E-state index contributed by atoms with van der Waals surface area (Å²) in [4.78, 5) is 19.8. The second-order valence-electron chi connectivity index (χ2n) is 9.80. The molecule has 0 bridgehead atoms. The summed E-state index contributed by atoms with van der Waals surface area (Å²) in [7, 11) is 3.21. The summed E-state index contributed by atoms with van der Waals surface area (Å²) in [6, 6.07) is 18.2. The smallest absolute Gasteiger partial charge is 0.271 e. The summed E-state index contributed by atoms with van der Waals surface area (Å²) < 4.78 is 17.0. The van der Waals surface area contributed by atoms with Gasteiger partial charge in [0.2, 0.25) is 0 Å². The molecule has 4 aromatic rings. The average Bonchev–Trinajstić information content (AvgIpc) is 3.38. The van der Waals surface area contributed by atoms with E-state index in [9.17, 15) is 4.79 Å². The molecule has 1 aliphatic rings. The first-order valence-corrected chi connectivity index (χ1v) is 12.7. The third kappa shape index (κ3) is 4.87. The Morgan fingerprint density at radius 2 is 1.84 bits per heavy atom. The van der Waals surface area contributed by atoms with Crippen LogP contribution < -0.4 is 15.2 Å². The number of methoxy groups -OCH3 is 2. The van der Waals surface area contributed by atoms with Gasteiger partial charge in [-0.15, -0.1) is 0 Å². The number of fused-ring (bicyclic) bond motifs is 1. The van der Waals surface area contributed by atoms with Gasteiger partial charge in [0.25, 0.3) is 5.91 Å². The number of benzene rings is 2. The molecule has 2 N–H and O–H groups in total. The fourth-order valence-corrected chi connectivity index (χ4v) is 5.02. The Morgan fingerprint density at radius 1 is 1.08 bits per heavy atom. The van der Waals surface area contributed by atoms with Gasteiger partial charge in [-0.1, -0.05) is 55.4 Å². The summed E-state index contributed by atoms with van der Waals surface area (Å²) in [5.74, 6) is 1.13. The molecular weight excluding hydrogens is 480 g/mol. The lowest BCUT2D eigenvalue weighted by atomic mass is 9.95. The van der Waals surface area contributed by atoms with Crippen LogP contribution in [0.1, 0.15) is 52.6 Å². The number of carbonyl (C=O) groups is 1. The van der Waals surface area contributed by atoms with Crippen molar-refractivity contribution in [3.63, 3.8) is 0 Å². The molecule has 2 aromatic heterocycles. The average molecular weight is 513 g/mol. The molecule has 0 saturated heterocycles. The fraction of sp³-hybridized carbons (Fsp3) is 0.300. The van der Waals surface area contributed by atoms with Crippen LogP contribution in [0.3, 0.4) is 0 Å². The molecule has 0 unspecified atom stereocenters. The van der Waals surface area contributed by atoms with Crippen LogP contribution in [0.5, 0.6) is 11.5 Å². The molecule has 0 atom stereocenters. The third-order valence-corrected chi connectivity index (χ3v) is 6.98. The fourth-order valence-electron chi connectivity index (χ4n) is 5.02. The van der Waals surface area contributed by atoms with E-state index >= 15 is 0 Å². The highest BCUT2D eigenvalue weighted by Crippen LogP contribution is 2.43. The highest BCUT2D eigenvalue weighted by molar-refractivity contribution is 6.01. The molecule has 0 saturated carbocycles. The second kappa shape index (κ2) is 10.7. The molecule has 8 heteroatoms. The third-order valence-electron chi connectivity index (χ3n) is 6.98. The van der Waals surface area contributed by atoms with Crippen molar-refractivity contribution in [3.8, 4) is 34.1 Å². The van der Waals surface area contributed by atoms with E-state index in [2.05, 4.69) is 54.2 Å². The monoisotopic (exact) mass is 512 g/mol. The Kier molecular flexibility index (Phi) is 7.15. The number of aromatic nitrogens is 2. The Labute approximate surface area is 222 Å². The van der Waals surface area contributed by atoms with Gasteiger partial charge in [0.1, 0.15) is 11.5 Å². The molecule has 2 aromatic carbocycles. The van der Waals surface area contributed by atoms with E-state index in [1.165, 1.54) is 11.1 Å². The van der Waals surface area contributed by atoms with Crippen LogP contribution in [0.25, 0.3) is 22.6 Å². The lowest BCUT2D eigenvalue weighted by Gasteiger charge is -2.28. The number of pyridine rings is 1. The second-order valence-corrected chi connectivity index (χ2v) is 9.80. The van der Waals surface area contributed by atoms with Crippen molar-refractivity contribution in [3.05, 3.63) is 82.7 Å². The molecule has 0 radical (unpaired) electrons. The van der Waals surface area contributed by atoms with Crippen molar-refractivity contribution in [1.29, 1.82) is 0 Å². The predicted molar refractivity (Wildman–Crippen MR) is 145 cm³/mol. The maximum absolute atomic E-state index is 12.4. The van der Waals surface area contributed by atoms with Gasteiger partial charge in [0, 0.05) is 37.8 Å². The summed E-state index contributed by atoms with van der Waals surface area (Å²) in [6.07, 6.45) is 0.797. The quantitative estimate of drug-likeness (QED) is 0.346. The Balaban J connectivity index is 1.55. The summed E-state index contributed by atoms with van der Waals surface area (Å²) in [5.41, 5.74) is 11.9. The highest BCUT2D eigenvalue weighted by Gasteiger charge is 2.28. The minimum atomic E-state index is -0.680. The van der Waals surface area contributed by atoms with Gasteiger partial charge >= 0.3 is 0 Å². The zero-order chi connectivity index (χ0) is 26.8. The number of nitrogens with zero attached hydrogens (tertiary/aromatic N) is 3. The van der Waals surface area contributed by atoms with E-state index in [0.717, 1.165) is 37.3 Å². The molecule has 38 heavy (non-hydrogen) atoms. The first-order valence-electron chi connectivity index (χ1n) is 12.7. The van der Waals surface area contributed by atoms with Crippen molar-refractivity contribution in [2.75, 3.05) is 20.8 Å². The van der Waals surface area contributed by atoms with E-state index in [1.807, 2.05) is 24.3 Å². The SMILES string of the molecule is COc1cc(OC)c(C(C)C)cc1-c1onc(C(N)=O)c1-c1ccc2c(n1)CCN(Cc1ccccc1)C2. The summed E-state index contributed by atoms with van der Waals surface area (Å²) >= 11 is 0. The van der Waals surface area contributed by atoms with E-state index in [4.69, 9.17) is 24.7 Å². The Bertz CT molecular complexity index is 1460. The van der Waals surface area contributed by atoms with Gasteiger partial charge in [-0.2, -0.15) is 0 Å². The number of carbonyl (C=O) groups excluding carboxylic acids is 1. The number of ether oxygens (including phenoxy) is 2. The maximum atomic E-state index is 12.4. The van der Waals surface area contributed by atoms with Crippen molar-refractivity contribution in [1.82, 2.24) is 15.0 Å². The molecule has 5 rings (SSSR count). The lowest BCUT2D eigenvalue weighted by Crippen LogP contribution is -2.30. The molecule has 0 aliphatic carbocycles. The largest absolute Gasteiger partial charge is 0.496 e. The Morgan fingerprint density at radius 3 is 2.53 bits per heavy atom. The summed E-state index contributed by atoms with van der Waals surface area (Å²) in [5, 5.41) is 4.05. The van der Waals surface area contributed by atoms with Gasteiger partial charge in [0.15, 0.2) is 11.5 Å². The molecule has 8 nitrogen and oxygen atoms in total. The van der Waals surface area contributed by atoms with Crippen LogP contribution in [-0.2, 0) is 19.5 Å². The molecule has 1 amide bonds. The highest BCUT2D eigenvalue weighted by atomic mass is 16.5. The van der Waals surface area contributed by atoms with Gasteiger partial charge in [0.05, 0.1) is 31.0 Å². The van der Waals surface area contributed by atoms with Crippen molar-refractivity contribution < 1.29 is 18.8 Å². The van der Waals surface area contributed by atoms with Crippen LogP contribution in [0, 0.1) is 0 Å². The van der Waals surface area contributed by atoms with Gasteiger partial charge < -0.3 is 19.7 Å². The van der Waals surface area contributed by atoms with Gasteiger partial charge in [-0.25, -0.2) is 0 Å². The van der Waals surface area contributed by atoms with Crippen LogP contribution in [-0.4, -0.2) is 41.7 Å². The number of nitrogens with two attached hydrogens (primary N) is 1. The van der Waals surface area contributed by atoms with Crippen molar-refractivity contribution >= 4 is 5.91 Å². The molecular formula is C30H32N4O4. The van der Waals surface area contributed by atoms with E-state index in [0.29, 0.717) is 34.1 Å². The molecule has 3 heterocycles. The van der Waals surface area contributed by atoms with Crippen LogP contribution in [0.2, 0.25) is 0 Å². The number of primary amides is 1. The van der Waals surface area contributed by atoms with Crippen molar-refractivity contribution in [2.24, 2.45) is 5.73 Å². The number of hydrogen-bond acceptors (Lipinski definition) is 7. The molecule has 0 spiro atoms. The van der Waals surface area contributed by atoms with Crippen LogP contribution >= 0.6 is 0 Å². The topological polar surface area (TPSA) is 104 Å². The van der Waals surface area contributed by atoms with Gasteiger partial charge in [-0.05, 0) is 34.7 Å². The van der Waals surface area contributed by atoms with Gasteiger partial charge in [-0.3, -0.25) is 14.7 Å². The zero-order valence-electron chi connectivity index (χ0n) is 22.2. The van der Waals surface area contributed by atoms with E-state index in [-0.39, 0.29) is 11.6 Å². The van der Waals surface area contributed by atoms with E-state index in [1.54, 1.807) is 14.2 Å². The van der Waals surface area contributed by atoms with E-state index < -0.39 is 5.91 Å². The predicted octanol–water partition coefficient (Wildman–Crippen LogP) is 5.20. The van der Waals surface area contributed by atoms with Crippen molar-refractivity contribution in [2.45, 2.75) is 39.3 Å². The first-order chi connectivity index (χ1) is 18.4. The minimum Gasteiger partial charge on any atom is -0.496 e. The number of rotatable bonds is 8. The van der Waals surface area contributed by atoms with Crippen LogP contribution in [0.4, 0.5) is 0 Å². The molecule has 0 fully saturated rings. The maximum Gasteiger partial charge on any atom is 0.271 e. The minimum absolute atomic E-state index is 0.0398. The van der Waals surface area contributed by atoms with Crippen LogP contribution in [0.15, 0.2) is 59.1 Å².